The zero-order chi connectivity index (χ0) is 12.8. The fraction of sp³-hybridized carbons (Fsp3) is 0.300. The lowest BCUT2D eigenvalue weighted by molar-refractivity contribution is 0.0919. The average molecular weight is 239 g/mol. The lowest BCUT2D eigenvalue weighted by atomic mass is 10.3. The summed E-state index contributed by atoms with van der Waals surface area (Å²) < 4.78 is 0. The standard InChI is InChI=1S/C10H13N3O4/c1-6(14)5-12-9(15)8-4-7(2-3-11-8)13-10(16)17/h2-4,6,14H,5H2,1H3,(H,11,13)(H,12,15)(H,16,17)/t6-/m0/s1. The van der Waals surface area contributed by atoms with Crippen molar-refractivity contribution in [3.63, 3.8) is 0 Å². The molecular formula is C10H13N3O4. The van der Waals surface area contributed by atoms with E-state index in [1.807, 2.05) is 0 Å². The van der Waals surface area contributed by atoms with E-state index >= 15 is 0 Å². The monoisotopic (exact) mass is 239 g/mol. The summed E-state index contributed by atoms with van der Waals surface area (Å²) in [6, 6.07) is 2.74. The van der Waals surface area contributed by atoms with E-state index in [4.69, 9.17) is 10.2 Å². The largest absolute Gasteiger partial charge is 0.465 e. The highest BCUT2D eigenvalue weighted by Gasteiger charge is 2.09. The smallest absolute Gasteiger partial charge is 0.409 e. The fourth-order valence-corrected chi connectivity index (χ4v) is 1.09. The van der Waals surface area contributed by atoms with Gasteiger partial charge in [0.2, 0.25) is 0 Å². The summed E-state index contributed by atoms with van der Waals surface area (Å²) in [6.45, 7) is 1.65. The Bertz CT molecular complexity index is 420. The summed E-state index contributed by atoms with van der Waals surface area (Å²) in [7, 11) is 0. The summed E-state index contributed by atoms with van der Waals surface area (Å²) in [5.74, 6) is -0.472. The van der Waals surface area contributed by atoms with Crippen LogP contribution in [0.15, 0.2) is 18.3 Å². The van der Waals surface area contributed by atoms with Crippen molar-refractivity contribution in [3.05, 3.63) is 24.0 Å². The second-order valence-electron chi connectivity index (χ2n) is 3.42. The summed E-state index contributed by atoms with van der Waals surface area (Å²) in [6.07, 6.45) is -0.548. The molecule has 92 valence electrons. The number of hydrogen-bond donors (Lipinski definition) is 4. The van der Waals surface area contributed by atoms with Crippen LogP contribution in [0.4, 0.5) is 10.5 Å². The second kappa shape index (κ2) is 5.80. The Morgan fingerprint density at radius 1 is 1.53 bits per heavy atom. The molecule has 0 unspecified atom stereocenters. The van der Waals surface area contributed by atoms with Crippen LogP contribution in [0.3, 0.4) is 0 Å². The number of carboxylic acid groups (broad SMARTS) is 1. The van der Waals surface area contributed by atoms with Gasteiger partial charge < -0.3 is 15.5 Å². The Hall–Kier alpha value is -2.15. The van der Waals surface area contributed by atoms with E-state index < -0.39 is 18.1 Å². The average Bonchev–Trinajstić information content (AvgIpc) is 2.25. The van der Waals surface area contributed by atoms with Crippen LogP contribution in [-0.4, -0.2) is 39.8 Å². The predicted molar refractivity (Wildman–Crippen MR) is 59.9 cm³/mol. The Labute approximate surface area is 97.5 Å². The Kier molecular flexibility index (Phi) is 4.41. The molecule has 1 aromatic heterocycles. The molecule has 0 aliphatic rings. The van der Waals surface area contributed by atoms with E-state index in [2.05, 4.69) is 15.6 Å². The topological polar surface area (TPSA) is 112 Å². The van der Waals surface area contributed by atoms with E-state index in [0.29, 0.717) is 0 Å². The van der Waals surface area contributed by atoms with Gasteiger partial charge in [-0.15, -0.1) is 0 Å². The number of anilines is 1. The van der Waals surface area contributed by atoms with E-state index in [1.165, 1.54) is 25.3 Å². The third kappa shape index (κ3) is 4.47. The minimum absolute atomic E-state index is 0.0805. The van der Waals surface area contributed by atoms with Crippen LogP contribution < -0.4 is 10.6 Å². The van der Waals surface area contributed by atoms with Gasteiger partial charge in [0.25, 0.3) is 5.91 Å². The van der Waals surface area contributed by atoms with Crippen molar-refractivity contribution in [2.75, 3.05) is 11.9 Å². The molecule has 0 radical (unpaired) electrons. The summed E-state index contributed by atoms with van der Waals surface area (Å²) in [4.78, 5) is 25.7. The zero-order valence-electron chi connectivity index (χ0n) is 9.17. The minimum atomic E-state index is -1.22. The molecule has 1 rings (SSSR count). The van der Waals surface area contributed by atoms with Crippen LogP contribution in [0.1, 0.15) is 17.4 Å². The first-order valence-electron chi connectivity index (χ1n) is 4.91. The molecule has 7 nitrogen and oxygen atoms in total. The molecule has 0 fully saturated rings. The Balaban J connectivity index is 2.70. The van der Waals surface area contributed by atoms with Gasteiger partial charge in [0.05, 0.1) is 6.10 Å². The van der Waals surface area contributed by atoms with Crippen molar-refractivity contribution >= 4 is 17.7 Å². The molecule has 17 heavy (non-hydrogen) atoms. The lowest BCUT2D eigenvalue weighted by Gasteiger charge is -2.07. The van der Waals surface area contributed by atoms with E-state index in [1.54, 1.807) is 0 Å². The van der Waals surface area contributed by atoms with Gasteiger partial charge in [-0.25, -0.2) is 4.79 Å². The summed E-state index contributed by atoms with van der Waals surface area (Å²) >= 11 is 0. The lowest BCUT2D eigenvalue weighted by Crippen LogP contribution is -2.31. The van der Waals surface area contributed by atoms with E-state index in [9.17, 15) is 9.59 Å². The van der Waals surface area contributed by atoms with Gasteiger partial charge >= 0.3 is 6.09 Å². The van der Waals surface area contributed by atoms with Crippen molar-refractivity contribution in [3.8, 4) is 0 Å². The molecular weight excluding hydrogens is 226 g/mol. The van der Waals surface area contributed by atoms with Crippen LogP contribution >= 0.6 is 0 Å². The van der Waals surface area contributed by atoms with Crippen molar-refractivity contribution in [1.29, 1.82) is 0 Å². The molecule has 7 heteroatoms. The van der Waals surface area contributed by atoms with Gasteiger partial charge in [0.15, 0.2) is 0 Å². The number of amides is 2. The van der Waals surface area contributed by atoms with Crippen LogP contribution in [-0.2, 0) is 0 Å². The van der Waals surface area contributed by atoms with E-state index in [-0.39, 0.29) is 17.9 Å². The van der Waals surface area contributed by atoms with Gasteiger partial charge in [-0.3, -0.25) is 15.1 Å². The van der Waals surface area contributed by atoms with Gasteiger partial charge in [-0.2, -0.15) is 0 Å². The third-order valence-electron chi connectivity index (χ3n) is 1.80. The number of carbonyl (C=O) groups is 2. The molecule has 0 aliphatic carbocycles. The van der Waals surface area contributed by atoms with Crippen LogP contribution in [0.2, 0.25) is 0 Å². The minimum Gasteiger partial charge on any atom is -0.465 e. The third-order valence-corrected chi connectivity index (χ3v) is 1.80. The number of aliphatic hydroxyl groups excluding tert-OH is 1. The molecule has 1 atom stereocenters. The number of pyridine rings is 1. The van der Waals surface area contributed by atoms with Gasteiger partial charge in [0, 0.05) is 18.4 Å². The number of hydrogen-bond acceptors (Lipinski definition) is 4. The highest BCUT2D eigenvalue weighted by molar-refractivity contribution is 5.94. The number of aromatic nitrogens is 1. The maximum absolute atomic E-state index is 11.5. The Morgan fingerprint density at radius 3 is 2.82 bits per heavy atom. The normalized spacial score (nSPS) is 11.6. The van der Waals surface area contributed by atoms with Crippen molar-refractivity contribution in [1.82, 2.24) is 10.3 Å². The fourth-order valence-electron chi connectivity index (χ4n) is 1.09. The molecule has 0 aliphatic heterocycles. The Morgan fingerprint density at radius 2 is 2.24 bits per heavy atom. The van der Waals surface area contributed by atoms with Crippen LogP contribution in [0.5, 0.6) is 0 Å². The highest BCUT2D eigenvalue weighted by atomic mass is 16.4. The molecule has 1 aromatic rings. The van der Waals surface area contributed by atoms with Crippen molar-refractivity contribution in [2.24, 2.45) is 0 Å². The van der Waals surface area contributed by atoms with Crippen molar-refractivity contribution < 1.29 is 19.8 Å². The van der Waals surface area contributed by atoms with Gasteiger partial charge in [-0.05, 0) is 19.1 Å². The summed E-state index contributed by atoms with van der Waals surface area (Å²) in [5, 5.41) is 22.1. The molecule has 2 amide bonds. The maximum atomic E-state index is 11.5. The van der Waals surface area contributed by atoms with Crippen molar-refractivity contribution in [2.45, 2.75) is 13.0 Å². The molecule has 0 spiro atoms. The molecule has 1 heterocycles. The molecule has 0 saturated carbocycles. The number of carbonyl (C=O) groups excluding carboxylic acids is 1. The second-order valence-corrected chi connectivity index (χ2v) is 3.42. The zero-order valence-corrected chi connectivity index (χ0v) is 9.17. The quantitative estimate of drug-likeness (QED) is 0.603. The maximum Gasteiger partial charge on any atom is 0.409 e. The van der Waals surface area contributed by atoms with E-state index in [0.717, 1.165) is 0 Å². The number of nitrogens with one attached hydrogen (secondary N) is 2. The number of nitrogens with zero attached hydrogens (tertiary/aromatic N) is 1. The first kappa shape index (κ1) is 12.9. The van der Waals surface area contributed by atoms with Gasteiger partial charge in [-0.1, -0.05) is 0 Å². The molecule has 0 bridgehead atoms. The first-order chi connectivity index (χ1) is 7.99. The predicted octanol–water partition coefficient (Wildman–Crippen LogP) is 0.282. The van der Waals surface area contributed by atoms with Crippen LogP contribution in [0.25, 0.3) is 0 Å². The first-order valence-corrected chi connectivity index (χ1v) is 4.91. The van der Waals surface area contributed by atoms with Gasteiger partial charge in [0.1, 0.15) is 5.69 Å². The SMILES string of the molecule is C[C@H](O)CNC(=O)c1cc(NC(=O)O)ccn1. The molecule has 0 saturated heterocycles. The number of rotatable bonds is 4. The highest BCUT2D eigenvalue weighted by Crippen LogP contribution is 2.07. The summed E-state index contributed by atoms with van der Waals surface area (Å²) in [5.41, 5.74) is 0.339. The number of aliphatic hydroxyl groups is 1. The molecule has 0 aromatic carbocycles. The molecule has 4 N–H and O–H groups in total. The van der Waals surface area contributed by atoms with Crippen LogP contribution in [0, 0.1) is 0 Å².